The van der Waals surface area contributed by atoms with Gasteiger partial charge in [-0.1, -0.05) is 0 Å². The van der Waals surface area contributed by atoms with E-state index >= 15 is 0 Å². The summed E-state index contributed by atoms with van der Waals surface area (Å²) < 4.78 is 12.1. The number of methoxy groups -OCH3 is 1. The van der Waals surface area contributed by atoms with Crippen LogP contribution in [-0.2, 0) is 11.2 Å². The molecule has 2 aromatic rings. The third-order valence-corrected chi connectivity index (χ3v) is 4.31. The van der Waals surface area contributed by atoms with Crippen molar-refractivity contribution < 1.29 is 24.2 Å². The number of halogens is 2. The number of carboxylic acid groups (broad SMARTS) is 1. The van der Waals surface area contributed by atoms with Gasteiger partial charge < -0.3 is 14.6 Å². The molecule has 2 rings (SSSR count). The van der Waals surface area contributed by atoms with Crippen LogP contribution in [0.3, 0.4) is 0 Å². The van der Waals surface area contributed by atoms with Gasteiger partial charge in [0.15, 0.2) is 5.75 Å². The Balaban J connectivity index is 2.36. The molecule has 0 bridgehead atoms. The van der Waals surface area contributed by atoms with E-state index in [0.29, 0.717) is 26.9 Å². The third-order valence-electron chi connectivity index (χ3n) is 3.13. The largest absolute Gasteiger partial charge is 0.496 e. The summed E-state index contributed by atoms with van der Waals surface area (Å²) in [5, 5.41) is 9.23. The van der Waals surface area contributed by atoms with Crippen LogP contribution in [0.15, 0.2) is 39.3 Å². The highest BCUT2D eigenvalue weighted by molar-refractivity contribution is 9.11. The standard InChI is InChI=1S/C17H14Br2O5/c1-9(20)5-10-6-13(18)16(14(19)7-10)24-11-3-4-15(23-2)12(8-11)17(21)22/h3-4,6-8H,5H2,1-2H3,(H,21,22). The van der Waals surface area contributed by atoms with E-state index in [1.165, 1.54) is 26.2 Å². The van der Waals surface area contributed by atoms with Crippen molar-refractivity contribution in [3.8, 4) is 17.2 Å². The van der Waals surface area contributed by atoms with Crippen molar-refractivity contribution in [3.63, 3.8) is 0 Å². The van der Waals surface area contributed by atoms with E-state index in [2.05, 4.69) is 31.9 Å². The van der Waals surface area contributed by atoms with Gasteiger partial charge in [0.25, 0.3) is 0 Å². The SMILES string of the molecule is COc1ccc(Oc2c(Br)cc(CC(C)=O)cc2Br)cc1C(=O)O. The second-order valence-electron chi connectivity index (χ2n) is 5.04. The van der Waals surface area contributed by atoms with Crippen molar-refractivity contribution in [2.45, 2.75) is 13.3 Å². The maximum absolute atomic E-state index is 11.3. The predicted octanol–water partition coefficient (Wildman–Crippen LogP) is 4.84. The molecule has 0 heterocycles. The number of carboxylic acids is 1. The molecule has 1 N–H and O–H groups in total. The molecule has 0 saturated heterocycles. The quantitative estimate of drug-likeness (QED) is 0.671. The first-order chi connectivity index (χ1) is 11.3. The van der Waals surface area contributed by atoms with Gasteiger partial charge in [0, 0.05) is 6.42 Å². The average Bonchev–Trinajstić information content (AvgIpc) is 2.50. The van der Waals surface area contributed by atoms with Gasteiger partial charge in [0.1, 0.15) is 22.8 Å². The Hall–Kier alpha value is -1.86. The van der Waals surface area contributed by atoms with Gasteiger partial charge in [-0.25, -0.2) is 4.79 Å². The van der Waals surface area contributed by atoms with Crippen LogP contribution in [0.25, 0.3) is 0 Å². The molecule has 0 radical (unpaired) electrons. The number of rotatable bonds is 6. The molecule has 0 amide bonds. The predicted molar refractivity (Wildman–Crippen MR) is 96.3 cm³/mol. The van der Waals surface area contributed by atoms with Crippen LogP contribution in [0.1, 0.15) is 22.8 Å². The Kier molecular flexibility index (Phi) is 6.01. The molecule has 0 aromatic heterocycles. The molecule has 0 atom stereocenters. The minimum Gasteiger partial charge on any atom is -0.496 e. The van der Waals surface area contributed by atoms with Crippen LogP contribution < -0.4 is 9.47 Å². The van der Waals surface area contributed by atoms with Crippen molar-refractivity contribution in [2.75, 3.05) is 7.11 Å². The number of hydrogen-bond acceptors (Lipinski definition) is 4. The second kappa shape index (κ2) is 7.81. The molecule has 5 nitrogen and oxygen atoms in total. The van der Waals surface area contributed by atoms with E-state index in [9.17, 15) is 14.7 Å². The summed E-state index contributed by atoms with van der Waals surface area (Å²) in [6.45, 7) is 1.52. The van der Waals surface area contributed by atoms with Crippen LogP contribution in [-0.4, -0.2) is 24.0 Å². The number of carbonyl (C=O) groups is 2. The topological polar surface area (TPSA) is 72.8 Å². The van der Waals surface area contributed by atoms with Crippen LogP contribution >= 0.6 is 31.9 Å². The highest BCUT2D eigenvalue weighted by Crippen LogP contribution is 2.39. The zero-order chi connectivity index (χ0) is 17.9. The highest BCUT2D eigenvalue weighted by atomic mass is 79.9. The zero-order valence-corrected chi connectivity index (χ0v) is 16.1. The van der Waals surface area contributed by atoms with E-state index in [4.69, 9.17) is 9.47 Å². The maximum atomic E-state index is 11.3. The van der Waals surface area contributed by atoms with Gasteiger partial charge in [0.05, 0.1) is 16.1 Å². The maximum Gasteiger partial charge on any atom is 0.339 e. The Morgan fingerprint density at radius 1 is 1.12 bits per heavy atom. The second-order valence-corrected chi connectivity index (χ2v) is 6.75. The first kappa shape index (κ1) is 18.5. The molecular weight excluding hydrogens is 444 g/mol. The fourth-order valence-corrected chi connectivity index (χ4v) is 3.58. The Morgan fingerprint density at radius 3 is 2.25 bits per heavy atom. The summed E-state index contributed by atoms with van der Waals surface area (Å²) in [5.41, 5.74) is 0.852. The number of ketones is 1. The molecule has 0 unspecified atom stereocenters. The van der Waals surface area contributed by atoms with Crippen LogP contribution in [0, 0.1) is 0 Å². The van der Waals surface area contributed by atoms with Gasteiger partial charge in [0.2, 0.25) is 0 Å². The summed E-state index contributed by atoms with van der Waals surface area (Å²) in [7, 11) is 1.41. The number of ether oxygens (including phenoxy) is 2. The molecule has 0 saturated carbocycles. The van der Waals surface area contributed by atoms with Crippen molar-refractivity contribution in [3.05, 3.63) is 50.4 Å². The normalized spacial score (nSPS) is 10.3. The Bertz CT molecular complexity index is 779. The van der Waals surface area contributed by atoms with Crippen molar-refractivity contribution in [1.82, 2.24) is 0 Å². The summed E-state index contributed by atoms with van der Waals surface area (Å²) >= 11 is 6.83. The molecule has 0 aliphatic carbocycles. The lowest BCUT2D eigenvalue weighted by atomic mass is 10.1. The monoisotopic (exact) mass is 456 g/mol. The van der Waals surface area contributed by atoms with Crippen LogP contribution in [0.4, 0.5) is 0 Å². The van der Waals surface area contributed by atoms with E-state index in [1.807, 2.05) is 0 Å². The Labute approximate surface area is 155 Å². The van der Waals surface area contributed by atoms with Gasteiger partial charge in [-0.2, -0.15) is 0 Å². The molecule has 126 valence electrons. The summed E-state index contributed by atoms with van der Waals surface area (Å²) in [6, 6.07) is 8.13. The molecule has 0 aliphatic heterocycles. The van der Waals surface area contributed by atoms with E-state index in [1.54, 1.807) is 18.2 Å². The molecule has 2 aromatic carbocycles. The first-order valence-electron chi connectivity index (χ1n) is 6.88. The summed E-state index contributed by atoms with van der Waals surface area (Å²) in [6.07, 6.45) is 0.323. The summed E-state index contributed by atoms with van der Waals surface area (Å²) in [5.74, 6) is 0.0541. The number of carbonyl (C=O) groups excluding carboxylic acids is 1. The molecule has 0 fully saturated rings. The fourth-order valence-electron chi connectivity index (χ4n) is 2.13. The fraction of sp³-hybridized carbons (Fsp3) is 0.176. The van der Waals surface area contributed by atoms with E-state index < -0.39 is 5.97 Å². The lowest BCUT2D eigenvalue weighted by Crippen LogP contribution is -2.01. The summed E-state index contributed by atoms with van der Waals surface area (Å²) in [4.78, 5) is 22.5. The average molecular weight is 458 g/mol. The minimum absolute atomic E-state index is 0.00967. The molecular formula is C17H14Br2O5. The minimum atomic E-state index is -1.10. The zero-order valence-electron chi connectivity index (χ0n) is 12.9. The van der Waals surface area contributed by atoms with E-state index in [0.717, 1.165) is 5.56 Å². The lowest BCUT2D eigenvalue weighted by Gasteiger charge is -2.13. The first-order valence-corrected chi connectivity index (χ1v) is 8.47. The van der Waals surface area contributed by atoms with Crippen molar-refractivity contribution in [2.24, 2.45) is 0 Å². The van der Waals surface area contributed by atoms with E-state index in [-0.39, 0.29) is 17.1 Å². The smallest absolute Gasteiger partial charge is 0.339 e. The molecule has 24 heavy (non-hydrogen) atoms. The van der Waals surface area contributed by atoms with Gasteiger partial charge >= 0.3 is 5.97 Å². The highest BCUT2D eigenvalue weighted by Gasteiger charge is 2.15. The van der Waals surface area contributed by atoms with Gasteiger partial charge in [-0.05, 0) is 74.7 Å². The van der Waals surface area contributed by atoms with Gasteiger partial charge in [-0.15, -0.1) is 0 Å². The molecule has 0 aliphatic rings. The van der Waals surface area contributed by atoms with Crippen LogP contribution in [0.2, 0.25) is 0 Å². The number of Topliss-reactive ketones (excluding diaryl/α,β-unsaturated/α-hetero) is 1. The van der Waals surface area contributed by atoms with Crippen LogP contribution in [0.5, 0.6) is 17.2 Å². The van der Waals surface area contributed by atoms with Crippen molar-refractivity contribution in [1.29, 1.82) is 0 Å². The molecule has 0 spiro atoms. The molecule has 7 heteroatoms. The number of hydrogen-bond donors (Lipinski definition) is 1. The van der Waals surface area contributed by atoms with Gasteiger partial charge in [-0.3, -0.25) is 4.79 Å². The lowest BCUT2D eigenvalue weighted by molar-refractivity contribution is -0.116. The Morgan fingerprint density at radius 2 is 1.75 bits per heavy atom. The van der Waals surface area contributed by atoms with Crippen molar-refractivity contribution >= 4 is 43.6 Å². The number of benzene rings is 2. The third kappa shape index (κ3) is 4.36. The number of aromatic carboxylic acids is 1.